The quantitative estimate of drug-likeness (QED) is 0.663. The van der Waals surface area contributed by atoms with Crippen LogP contribution in [0.5, 0.6) is 0 Å². The number of nitrogens with zero attached hydrogens (tertiary/aromatic N) is 4. The highest BCUT2D eigenvalue weighted by Crippen LogP contribution is 2.23. The van der Waals surface area contributed by atoms with Crippen LogP contribution in [0.1, 0.15) is 20.3 Å². The van der Waals surface area contributed by atoms with Gasteiger partial charge in [0, 0.05) is 18.7 Å². The number of rotatable bonds is 4. The van der Waals surface area contributed by atoms with Crippen LogP contribution in [0.15, 0.2) is 38.1 Å². The predicted octanol–water partition coefficient (Wildman–Crippen LogP) is 2.28. The van der Waals surface area contributed by atoms with Crippen LogP contribution in [-0.4, -0.2) is 43.7 Å². The van der Waals surface area contributed by atoms with Crippen LogP contribution in [0, 0.1) is 5.92 Å². The molecule has 1 unspecified atom stereocenters. The van der Waals surface area contributed by atoms with E-state index >= 15 is 0 Å². The first kappa shape index (κ1) is 16.8. The molecule has 0 spiro atoms. The number of hydrogen-bond acceptors (Lipinski definition) is 5. The number of nitrogens with one attached hydrogen (secondary N) is 1. The number of hydrogen-bond donors (Lipinski definition) is 1. The van der Waals surface area contributed by atoms with Crippen molar-refractivity contribution < 1.29 is 8.42 Å². The molecule has 1 aromatic heterocycles. The van der Waals surface area contributed by atoms with E-state index in [0.29, 0.717) is 19.0 Å². The maximum atomic E-state index is 12.7. The van der Waals surface area contributed by atoms with Gasteiger partial charge in [0.25, 0.3) is 10.0 Å². The number of guanidine groups is 1. The Kier molecular flexibility index (Phi) is 4.81. The lowest BCUT2D eigenvalue weighted by Gasteiger charge is -2.18. The maximum Gasteiger partial charge on any atom is 0.285 e. The number of fused-ring (bicyclic) bond motifs is 1. The van der Waals surface area contributed by atoms with Gasteiger partial charge >= 0.3 is 0 Å². The van der Waals surface area contributed by atoms with E-state index < -0.39 is 10.0 Å². The largest absolute Gasteiger partial charge is 0.354 e. The van der Waals surface area contributed by atoms with E-state index in [0.717, 1.165) is 16.6 Å². The fraction of sp³-hybridized carbons (Fsp3) is 0.400. The molecule has 0 aliphatic carbocycles. The SMILES string of the molecule is CCN/C(=N\S(=O)(=O)c1ccc2ncsc2c1)N1CC(CC)C=N1. The monoisotopic (exact) mass is 365 g/mol. The molecule has 0 saturated heterocycles. The van der Waals surface area contributed by atoms with Gasteiger partial charge in [-0.05, 0) is 31.5 Å². The summed E-state index contributed by atoms with van der Waals surface area (Å²) < 4.78 is 30.1. The third-order valence-electron chi connectivity index (χ3n) is 3.74. The second-order valence-electron chi connectivity index (χ2n) is 5.42. The first-order valence-corrected chi connectivity index (χ1v) is 10.1. The van der Waals surface area contributed by atoms with Crippen LogP contribution in [0.4, 0.5) is 0 Å². The second kappa shape index (κ2) is 6.86. The molecule has 9 heteroatoms. The summed E-state index contributed by atoms with van der Waals surface area (Å²) in [5.41, 5.74) is 2.47. The Morgan fingerprint density at radius 1 is 1.46 bits per heavy atom. The van der Waals surface area contributed by atoms with E-state index in [1.165, 1.54) is 17.4 Å². The molecule has 1 aromatic carbocycles. The van der Waals surface area contributed by atoms with Crippen LogP contribution in [0.3, 0.4) is 0 Å². The van der Waals surface area contributed by atoms with Gasteiger partial charge in [-0.25, -0.2) is 9.99 Å². The Morgan fingerprint density at radius 3 is 3.00 bits per heavy atom. The molecule has 0 fully saturated rings. The molecule has 1 atom stereocenters. The Balaban J connectivity index is 1.93. The lowest BCUT2D eigenvalue weighted by Crippen LogP contribution is -2.38. The molecule has 2 aromatic rings. The molecule has 1 N–H and O–H groups in total. The van der Waals surface area contributed by atoms with Crippen molar-refractivity contribution in [3.05, 3.63) is 23.7 Å². The van der Waals surface area contributed by atoms with Gasteiger partial charge in [-0.2, -0.15) is 13.5 Å². The predicted molar refractivity (Wildman–Crippen MR) is 96.9 cm³/mol. The van der Waals surface area contributed by atoms with Crippen molar-refractivity contribution in [3.8, 4) is 0 Å². The van der Waals surface area contributed by atoms with Crippen molar-refractivity contribution in [1.82, 2.24) is 15.3 Å². The molecule has 7 nitrogen and oxygen atoms in total. The van der Waals surface area contributed by atoms with E-state index in [4.69, 9.17) is 0 Å². The van der Waals surface area contributed by atoms with Crippen molar-refractivity contribution >= 4 is 43.8 Å². The topological polar surface area (TPSA) is 87.0 Å². The Morgan fingerprint density at radius 2 is 2.29 bits per heavy atom. The third kappa shape index (κ3) is 3.41. The molecule has 0 radical (unpaired) electrons. The van der Waals surface area contributed by atoms with Gasteiger partial charge in [0.1, 0.15) is 0 Å². The molecule has 0 saturated carbocycles. The third-order valence-corrected chi connectivity index (χ3v) is 5.79. The van der Waals surface area contributed by atoms with Gasteiger partial charge in [-0.3, -0.25) is 0 Å². The van der Waals surface area contributed by atoms with Gasteiger partial charge in [0.05, 0.1) is 27.2 Å². The van der Waals surface area contributed by atoms with Crippen molar-refractivity contribution in [3.63, 3.8) is 0 Å². The van der Waals surface area contributed by atoms with Crippen LogP contribution < -0.4 is 5.32 Å². The van der Waals surface area contributed by atoms with Crippen LogP contribution in [0.2, 0.25) is 0 Å². The van der Waals surface area contributed by atoms with E-state index in [2.05, 4.69) is 26.7 Å². The Labute approximate surface area is 145 Å². The van der Waals surface area contributed by atoms with Gasteiger partial charge < -0.3 is 5.32 Å². The normalized spacial score (nSPS) is 18.5. The average Bonchev–Trinajstić information content (AvgIpc) is 3.22. The number of benzene rings is 1. The van der Waals surface area contributed by atoms with E-state index in [1.54, 1.807) is 22.7 Å². The number of hydrazone groups is 1. The van der Waals surface area contributed by atoms with Gasteiger partial charge in [-0.1, -0.05) is 6.92 Å². The molecule has 2 heterocycles. The molecule has 3 rings (SSSR count). The highest BCUT2D eigenvalue weighted by molar-refractivity contribution is 7.90. The smallest absolute Gasteiger partial charge is 0.285 e. The van der Waals surface area contributed by atoms with Gasteiger partial charge in [-0.15, -0.1) is 15.7 Å². The zero-order valence-corrected chi connectivity index (χ0v) is 15.1. The number of thiazole rings is 1. The van der Waals surface area contributed by atoms with Crippen molar-refractivity contribution in [2.75, 3.05) is 13.1 Å². The van der Waals surface area contributed by atoms with E-state index in [-0.39, 0.29) is 10.9 Å². The summed E-state index contributed by atoms with van der Waals surface area (Å²) in [6, 6.07) is 4.84. The number of sulfonamides is 1. The zero-order chi connectivity index (χ0) is 17.2. The molecular formula is C15H19N5O2S2. The molecule has 128 valence electrons. The minimum Gasteiger partial charge on any atom is -0.354 e. The second-order valence-corrected chi connectivity index (χ2v) is 7.91. The highest BCUT2D eigenvalue weighted by Gasteiger charge is 2.23. The summed E-state index contributed by atoms with van der Waals surface area (Å²) in [4.78, 5) is 4.32. The lowest BCUT2D eigenvalue weighted by molar-refractivity contribution is 0.426. The summed E-state index contributed by atoms with van der Waals surface area (Å²) in [6.45, 7) is 5.16. The Bertz CT molecular complexity index is 888. The lowest BCUT2D eigenvalue weighted by atomic mass is 10.1. The van der Waals surface area contributed by atoms with Crippen molar-refractivity contribution in [2.24, 2.45) is 15.4 Å². The average molecular weight is 365 g/mol. The van der Waals surface area contributed by atoms with E-state index in [9.17, 15) is 8.42 Å². The summed E-state index contributed by atoms with van der Waals surface area (Å²) >= 11 is 1.40. The first-order chi connectivity index (χ1) is 11.5. The van der Waals surface area contributed by atoms with Crippen LogP contribution >= 0.6 is 11.3 Å². The minimum atomic E-state index is -3.82. The van der Waals surface area contributed by atoms with Crippen LogP contribution in [0.25, 0.3) is 10.2 Å². The summed E-state index contributed by atoms with van der Waals surface area (Å²) in [5.74, 6) is 0.569. The van der Waals surface area contributed by atoms with E-state index in [1.807, 2.05) is 13.1 Å². The summed E-state index contributed by atoms with van der Waals surface area (Å²) in [6.07, 6.45) is 2.79. The molecular weight excluding hydrogens is 346 g/mol. The van der Waals surface area contributed by atoms with Gasteiger partial charge in [0.2, 0.25) is 5.96 Å². The zero-order valence-electron chi connectivity index (χ0n) is 13.5. The van der Waals surface area contributed by atoms with Gasteiger partial charge in [0.15, 0.2) is 0 Å². The molecule has 24 heavy (non-hydrogen) atoms. The fourth-order valence-corrected chi connectivity index (χ4v) is 4.15. The van der Waals surface area contributed by atoms with Crippen LogP contribution in [-0.2, 0) is 10.0 Å². The highest BCUT2D eigenvalue weighted by atomic mass is 32.2. The molecule has 1 aliphatic heterocycles. The first-order valence-electron chi connectivity index (χ1n) is 7.77. The minimum absolute atomic E-state index is 0.157. The standard InChI is InChI=1S/C15H19N5O2S2/c1-3-11-8-18-20(9-11)15(16-4-2)19-24(21,22)12-5-6-13-14(7-12)23-10-17-13/h5-8,10-11H,3-4,9H2,1-2H3,(H,16,19). The number of aromatic nitrogens is 1. The molecule has 0 bridgehead atoms. The van der Waals surface area contributed by atoms with Crippen molar-refractivity contribution in [2.45, 2.75) is 25.2 Å². The maximum absolute atomic E-state index is 12.7. The molecule has 1 aliphatic rings. The Hall–Kier alpha value is -2.00. The summed E-state index contributed by atoms with van der Waals surface area (Å²) in [5, 5.41) is 8.88. The molecule has 0 amide bonds. The summed E-state index contributed by atoms with van der Waals surface area (Å²) in [7, 11) is -3.82. The fourth-order valence-electron chi connectivity index (χ4n) is 2.36. The van der Waals surface area contributed by atoms with Crippen molar-refractivity contribution in [1.29, 1.82) is 0 Å².